The fourth-order valence-corrected chi connectivity index (χ4v) is 4.42. The molecule has 0 aromatic heterocycles. The third-order valence-electron chi connectivity index (χ3n) is 3.85. The van der Waals surface area contributed by atoms with Crippen molar-refractivity contribution in [2.24, 2.45) is 0 Å². The van der Waals surface area contributed by atoms with Gasteiger partial charge in [-0.3, -0.25) is 0 Å². The molecular formula is C14H21NO3S. The molecule has 106 valence electrons. The molecule has 1 aromatic rings. The Kier molecular flexibility index (Phi) is 4.28. The van der Waals surface area contributed by atoms with Crippen LogP contribution in [0.25, 0.3) is 0 Å². The molecule has 1 saturated carbocycles. The Morgan fingerprint density at radius 1 is 1.21 bits per heavy atom. The predicted octanol–water partition coefficient (Wildman–Crippen LogP) is 1.97. The van der Waals surface area contributed by atoms with E-state index in [2.05, 4.69) is 4.72 Å². The average Bonchev–Trinajstić information content (AvgIpc) is 2.39. The summed E-state index contributed by atoms with van der Waals surface area (Å²) in [6.45, 7) is 1.64. The van der Waals surface area contributed by atoms with Gasteiger partial charge in [-0.15, -0.1) is 0 Å². The van der Waals surface area contributed by atoms with Gasteiger partial charge in [0.2, 0.25) is 10.0 Å². The standard InChI is InChI=1S/C14H21NO3S/c1-12-7-3-4-8-13(12)19(17,18)15-14(11-16)9-5-2-6-10-14/h3-4,7-8,15-16H,2,5-6,9-11H2,1H3. The maximum atomic E-state index is 12.5. The third kappa shape index (κ3) is 3.16. The second-order valence-electron chi connectivity index (χ2n) is 5.37. The molecule has 0 unspecified atom stereocenters. The molecule has 0 aliphatic heterocycles. The van der Waals surface area contributed by atoms with Crippen LogP contribution in [0.5, 0.6) is 0 Å². The van der Waals surface area contributed by atoms with Gasteiger partial charge in [0.05, 0.1) is 17.0 Å². The second-order valence-corrected chi connectivity index (χ2v) is 7.02. The van der Waals surface area contributed by atoms with Crippen LogP contribution in [0, 0.1) is 6.92 Å². The van der Waals surface area contributed by atoms with Crippen LogP contribution >= 0.6 is 0 Å². The maximum absolute atomic E-state index is 12.5. The van der Waals surface area contributed by atoms with Gasteiger partial charge in [0.1, 0.15) is 0 Å². The highest BCUT2D eigenvalue weighted by atomic mass is 32.2. The molecule has 19 heavy (non-hydrogen) atoms. The third-order valence-corrected chi connectivity index (χ3v) is 5.59. The van der Waals surface area contributed by atoms with E-state index in [4.69, 9.17) is 0 Å². The quantitative estimate of drug-likeness (QED) is 0.888. The Balaban J connectivity index is 2.28. The lowest BCUT2D eigenvalue weighted by atomic mass is 9.83. The highest BCUT2D eigenvalue weighted by Gasteiger charge is 2.36. The zero-order valence-corrected chi connectivity index (χ0v) is 12.0. The summed E-state index contributed by atoms with van der Waals surface area (Å²) in [5.74, 6) is 0. The normalized spacial score (nSPS) is 19.3. The molecule has 0 heterocycles. The number of hydrogen-bond acceptors (Lipinski definition) is 3. The van der Waals surface area contributed by atoms with Gasteiger partial charge in [0, 0.05) is 0 Å². The van der Waals surface area contributed by atoms with Crippen LogP contribution in [-0.4, -0.2) is 25.7 Å². The van der Waals surface area contributed by atoms with Crippen molar-refractivity contribution in [1.82, 2.24) is 4.72 Å². The second kappa shape index (κ2) is 5.61. The molecular weight excluding hydrogens is 262 g/mol. The Labute approximate surface area is 114 Å². The Morgan fingerprint density at radius 2 is 1.84 bits per heavy atom. The van der Waals surface area contributed by atoms with Crippen molar-refractivity contribution in [2.45, 2.75) is 49.5 Å². The fourth-order valence-electron chi connectivity index (χ4n) is 2.72. The van der Waals surface area contributed by atoms with Crippen LogP contribution in [0.3, 0.4) is 0 Å². The highest BCUT2D eigenvalue weighted by Crippen LogP contribution is 2.29. The summed E-state index contributed by atoms with van der Waals surface area (Å²) in [7, 11) is -3.57. The van der Waals surface area contributed by atoms with E-state index in [0.717, 1.165) is 24.8 Å². The molecule has 1 fully saturated rings. The molecule has 2 N–H and O–H groups in total. The minimum absolute atomic E-state index is 0.141. The van der Waals surface area contributed by atoms with Gasteiger partial charge in [-0.05, 0) is 31.4 Å². The molecule has 0 amide bonds. The first kappa shape index (κ1) is 14.5. The number of aliphatic hydroxyl groups excluding tert-OH is 1. The van der Waals surface area contributed by atoms with Crippen molar-refractivity contribution in [3.05, 3.63) is 29.8 Å². The average molecular weight is 283 g/mol. The molecule has 0 saturated heterocycles. The molecule has 0 atom stereocenters. The monoisotopic (exact) mass is 283 g/mol. The number of benzene rings is 1. The zero-order valence-electron chi connectivity index (χ0n) is 11.2. The lowest BCUT2D eigenvalue weighted by molar-refractivity contribution is 0.142. The van der Waals surface area contributed by atoms with Crippen LogP contribution in [0.15, 0.2) is 29.2 Å². The first-order valence-electron chi connectivity index (χ1n) is 6.70. The molecule has 0 spiro atoms. The van der Waals surface area contributed by atoms with Crippen molar-refractivity contribution >= 4 is 10.0 Å². The smallest absolute Gasteiger partial charge is 0.241 e. The van der Waals surface area contributed by atoms with Crippen LogP contribution in [0.1, 0.15) is 37.7 Å². The summed E-state index contributed by atoms with van der Waals surface area (Å²) in [4.78, 5) is 0.299. The van der Waals surface area contributed by atoms with Crippen molar-refractivity contribution in [3.8, 4) is 0 Å². The van der Waals surface area contributed by atoms with Crippen LogP contribution < -0.4 is 4.72 Å². The van der Waals surface area contributed by atoms with E-state index in [1.807, 2.05) is 6.07 Å². The Bertz CT molecular complexity index is 533. The van der Waals surface area contributed by atoms with E-state index in [0.29, 0.717) is 17.7 Å². The Morgan fingerprint density at radius 3 is 2.42 bits per heavy atom. The first-order valence-corrected chi connectivity index (χ1v) is 8.18. The molecule has 1 aliphatic rings. The minimum atomic E-state index is -3.57. The van der Waals surface area contributed by atoms with E-state index < -0.39 is 15.6 Å². The van der Waals surface area contributed by atoms with E-state index in [1.165, 1.54) is 0 Å². The summed E-state index contributed by atoms with van der Waals surface area (Å²) in [6.07, 6.45) is 4.42. The minimum Gasteiger partial charge on any atom is -0.394 e. The van der Waals surface area contributed by atoms with E-state index in [1.54, 1.807) is 25.1 Å². The molecule has 4 nitrogen and oxygen atoms in total. The number of aliphatic hydroxyl groups is 1. The largest absolute Gasteiger partial charge is 0.394 e. The van der Waals surface area contributed by atoms with Crippen LogP contribution in [0.2, 0.25) is 0 Å². The zero-order chi connectivity index (χ0) is 13.9. The highest BCUT2D eigenvalue weighted by molar-refractivity contribution is 7.89. The fraction of sp³-hybridized carbons (Fsp3) is 0.571. The summed E-state index contributed by atoms with van der Waals surface area (Å²) in [5.41, 5.74) is 0.0400. The summed E-state index contributed by atoms with van der Waals surface area (Å²) in [6, 6.07) is 6.91. The lowest BCUT2D eigenvalue weighted by Crippen LogP contribution is -2.52. The van der Waals surface area contributed by atoms with Gasteiger partial charge in [-0.2, -0.15) is 0 Å². The molecule has 1 aromatic carbocycles. The lowest BCUT2D eigenvalue weighted by Gasteiger charge is -2.36. The summed E-state index contributed by atoms with van der Waals surface area (Å²) >= 11 is 0. The van der Waals surface area contributed by atoms with E-state index in [9.17, 15) is 13.5 Å². The van der Waals surface area contributed by atoms with Crippen LogP contribution in [-0.2, 0) is 10.0 Å². The van der Waals surface area contributed by atoms with Gasteiger partial charge < -0.3 is 5.11 Å². The number of nitrogens with one attached hydrogen (secondary N) is 1. The van der Waals surface area contributed by atoms with Gasteiger partial charge >= 0.3 is 0 Å². The summed E-state index contributed by atoms with van der Waals surface area (Å²) < 4.78 is 27.7. The number of hydrogen-bond donors (Lipinski definition) is 2. The molecule has 0 bridgehead atoms. The Hall–Kier alpha value is -0.910. The van der Waals surface area contributed by atoms with Gasteiger partial charge in [0.25, 0.3) is 0 Å². The predicted molar refractivity (Wildman–Crippen MR) is 74.4 cm³/mol. The molecule has 5 heteroatoms. The van der Waals surface area contributed by atoms with Gasteiger partial charge in [-0.25, -0.2) is 13.1 Å². The van der Waals surface area contributed by atoms with Crippen molar-refractivity contribution in [1.29, 1.82) is 0 Å². The van der Waals surface area contributed by atoms with Crippen molar-refractivity contribution in [3.63, 3.8) is 0 Å². The molecule has 1 aliphatic carbocycles. The first-order chi connectivity index (χ1) is 8.99. The number of sulfonamides is 1. The number of aryl methyl sites for hydroxylation is 1. The molecule has 2 rings (SSSR count). The van der Waals surface area contributed by atoms with E-state index in [-0.39, 0.29) is 6.61 Å². The van der Waals surface area contributed by atoms with E-state index >= 15 is 0 Å². The molecule has 0 radical (unpaired) electrons. The van der Waals surface area contributed by atoms with Crippen LogP contribution in [0.4, 0.5) is 0 Å². The summed E-state index contributed by atoms with van der Waals surface area (Å²) in [5, 5.41) is 9.59. The maximum Gasteiger partial charge on any atom is 0.241 e. The van der Waals surface area contributed by atoms with Gasteiger partial charge in [-0.1, -0.05) is 37.5 Å². The van der Waals surface area contributed by atoms with Gasteiger partial charge in [0.15, 0.2) is 0 Å². The number of rotatable bonds is 4. The van der Waals surface area contributed by atoms with Crippen molar-refractivity contribution < 1.29 is 13.5 Å². The van der Waals surface area contributed by atoms with Crippen molar-refractivity contribution in [2.75, 3.05) is 6.61 Å². The SMILES string of the molecule is Cc1ccccc1S(=O)(=O)NC1(CO)CCCCC1. The topological polar surface area (TPSA) is 66.4 Å².